The van der Waals surface area contributed by atoms with Crippen molar-refractivity contribution in [3.63, 3.8) is 0 Å². The Morgan fingerprint density at radius 2 is 1.71 bits per heavy atom. The van der Waals surface area contributed by atoms with Gasteiger partial charge < -0.3 is 20.3 Å². The Morgan fingerprint density at radius 3 is 2.39 bits per heavy atom. The fourth-order valence-electron chi connectivity index (χ4n) is 3.17. The molecular formula is C21H26N4O3. The fraction of sp³-hybridized carbons (Fsp3) is 0.381. The number of carbonyl (C=O) groups is 2. The first-order chi connectivity index (χ1) is 13.7. The highest BCUT2D eigenvalue weighted by atomic mass is 16.5. The first-order valence-electron chi connectivity index (χ1n) is 9.56. The van der Waals surface area contributed by atoms with Gasteiger partial charge in [0.1, 0.15) is 0 Å². The largest absolute Gasteiger partial charge is 0.383 e. The molecule has 1 fully saturated rings. The molecule has 148 valence electrons. The van der Waals surface area contributed by atoms with Crippen LogP contribution in [0.5, 0.6) is 0 Å². The van der Waals surface area contributed by atoms with Gasteiger partial charge in [-0.2, -0.15) is 0 Å². The highest BCUT2D eigenvalue weighted by molar-refractivity contribution is 6.05. The summed E-state index contributed by atoms with van der Waals surface area (Å²) in [5.41, 5.74) is 2.55. The number of benzene rings is 1. The Kier molecular flexibility index (Phi) is 6.97. The molecule has 7 heteroatoms. The van der Waals surface area contributed by atoms with E-state index in [0.717, 1.165) is 13.1 Å². The van der Waals surface area contributed by atoms with E-state index in [1.54, 1.807) is 7.11 Å². The third kappa shape index (κ3) is 5.29. The smallest absolute Gasteiger partial charge is 0.257 e. The lowest BCUT2D eigenvalue weighted by Crippen LogP contribution is -2.29. The van der Waals surface area contributed by atoms with E-state index in [4.69, 9.17) is 4.74 Å². The van der Waals surface area contributed by atoms with Gasteiger partial charge in [0, 0.05) is 50.5 Å². The summed E-state index contributed by atoms with van der Waals surface area (Å²) in [6.07, 6.45) is 6.62. The maximum Gasteiger partial charge on any atom is 0.257 e. The molecule has 7 nitrogen and oxygen atoms in total. The Labute approximate surface area is 165 Å². The lowest BCUT2D eigenvalue weighted by Gasteiger charge is -2.28. The van der Waals surface area contributed by atoms with Crippen molar-refractivity contribution < 1.29 is 14.3 Å². The van der Waals surface area contributed by atoms with E-state index < -0.39 is 0 Å². The van der Waals surface area contributed by atoms with Crippen LogP contribution in [0.25, 0.3) is 0 Å². The van der Waals surface area contributed by atoms with Gasteiger partial charge in [-0.05, 0) is 49.6 Å². The van der Waals surface area contributed by atoms with Crippen molar-refractivity contribution in [1.82, 2.24) is 10.3 Å². The molecular weight excluding hydrogens is 356 g/mol. The van der Waals surface area contributed by atoms with E-state index >= 15 is 0 Å². The zero-order valence-corrected chi connectivity index (χ0v) is 16.1. The van der Waals surface area contributed by atoms with Crippen molar-refractivity contribution in [2.24, 2.45) is 0 Å². The molecule has 0 atom stereocenters. The maximum absolute atomic E-state index is 12.5. The topological polar surface area (TPSA) is 83.6 Å². The summed E-state index contributed by atoms with van der Waals surface area (Å²) in [5.74, 6) is -0.588. The summed E-state index contributed by atoms with van der Waals surface area (Å²) in [5, 5.41) is 5.57. The second-order valence-corrected chi connectivity index (χ2v) is 6.76. The Bertz CT molecular complexity index is 802. The number of rotatable bonds is 7. The van der Waals surface area contributed by atoms with E-state index in [2.05, 4.69) is 20.5 Å². The monoisotopic (exact) mass is 382 g/mol. The number of anilines is 2. The Balaban J connectivity index is 1.61. The highest BCUT2D eigenvalue weighted by Gasteiger charge is 2.13. The van der Waals surface area contributed by atoms with Crippen LogP contribution in [0.4, 0.5) is 11.4 Å². The van der Waals surface area contributed by atoms with Crippen molar-refractivity contribution >= 4 is 23.2 Å². The summed E-state index contributed by atoms with van der Waals surface area (Å²) in [6, 6.07) is 9.39. The molecule has 1 aliphatic rings. The third-order valence-corrected chi connectivity index (χ3v) is 4.70. The number of ether oxygens (including phenoxy) is 1. The zero-order chi connectivity index (χ0) is 19.8. The van der Waals surface area contributed by atoms with Crippen LogP contribution in [0.2, 0.25) is 0 Å². The number of methoxy groups -OCH3 is 1. The number of hydrogen-bond acceptors (Lipinski definition) is 5. The maximum atomic E-state index is 12.5. The third-order valence-electron chi connectivity index (χ3n) is 4.70. The van der Waals surface area contributed by atoms with Crippen LogP contribution < -0.4 is 15.5 Å². The minimum absolute atomic E-state index is 0.287. The molecule has 1 saturated heterocycles. The average Bonchev–Trinajstić information content (AvgIpc) is 2.75. The van der Waals surface area contributed by atoms with E-state index in [9.17, 15) is 9.59 Å². The van der Waals surface area contributed by atoms with Gasteiger partial charge in [-0.3, -0.25) is 14.6 Å². The number of amides is 2. The van der Waals surface area contributed by atoms with Crippen LogP contribution in [0.1, 0.15) is 40.0 Å². The van der Waals surface area contributed by atoms with Gasteiger partial charge in [-0.15, -0.1) is 0 Å². The second-order valence-electron chi connectivity index (χ2n) is 6.76. The minimum Gasteiger partial charge on any atom is -0.383 e. The molecule has 0 radical (unpaired) electrons. The molecule has 1 aliphatic heterocycles. The van der Waals surface area contributed by atoms with Crippen molar-refractivity contribution in [2.45, 2.75) is 19.3 Å². The zero-order valence-electron chi connectivity index (χ0n) is 16.1. The first-order valence-corrected chi connectivity index (χ1v) is 9.56. The predicted molar refractivity (Wildman–Crippen MR) is 109 cm³/mol. The lowest BCUT2D eigenvalue weighted by atomic mass is 10.1. The van der Waals surface area contributed by atoms with Crippen molar-refractivity contribution in [2.75, 3.05) is 43.6 Å². The summed E-state index contributed by atoms with van der Waals surface area (Å²) in [7, 11) is 1.57. The molecule has 0 saturated carbocycles. The molecule has 1 aromatic carbocycles. The molecule has 3 rings (SSSR count). The SMILES string of the molecule is COCCNC(=O)c1cncc(C(=O)Nc2ccc(N3CCCCC3)cc2)c1. The summed E-state index contributed by atoms with van der Waals surface area (Å²) in [4.78, 5) is 31.0. The van der Waals surface area contributed by atoms with E-state index in [1.165, 1.54) is 43.4 Å². The quantitative estimate of drug-likeness (QED) is 0.720. The fourth-order valence-corrected chi connectivity index (χ4v) is 3.17. The van der Waals surface area contributed by atoms with Gasteiger partial charge in [-0.1, -0.05) is 0 Å². The summed E-state index contributed by atoms with van der Waals surface area (Å²) < 4.78 is 4.91. The van der Waals surface area contributed by atoms with E-state index in [1.807, 2.05) is 24.3 Å². The van der Waals surface area contributed by atoms with Gasteiger partial charge in [0.2, 0.25) is 0 Å². The van der Waals surface area contributed by atoms with E-state index in [0.29, 0.717) is 30.0 Å². The Morgan fingerprint density at radius 1 is 1.04 bits per heavy atom. The molecule has 2 heterocycles. The molecule has 0 unspecified atom stereocenters. The number of nitrogens with zero attached hydrogens (tertiary/aromatic N) is 2. The molecule has 1 aromatic heterocycles. The summed E-state index contributed by atoms with van der Waals surface area (Å²) >= 11 is 0. The molecule has 2 aromatic rings. The number of hydrogen-bond donors (Lipinski definition) is 2. The van der Waals surface area contributed by atoms with Gasteiger partial charge in [-0.25, -0.2) is 0 Å². The van der Waals surface area contributed by atoms with Gasteiger partial charge in [0.05, 0.1) is 17.7 Å². The molecule has 0 bridgehead atoms. The van der Waals surface area contributed by atoms with Crippen LogP contribution in [0.15, 0.2) is 42.7 Å². The second kappa shape index (κ2) is 9.85. The number of nitrogens with one attached hydrogen (secondary N) is 2. The highest BCUT2D eigenvalue weighted by Crippen LogP contribution is 2.22. The number of pyridine rings is 1. The van der Waals surface area contributed by atoms with Crippen molar-refractivity contribution in [3.8, 4) is 0 Å². The molecule has 0 aliphatic carbocycles. The first kappa shape index (κ1) is 19.8. The average molecular weight is 382 g/mol. The van der Waals surface area contributed by atoms with Crippen LogP contribution in [0.3, 0.4) is 0 Å². The van der Waals surface area contributed by atoms with Gasteiger partial charge in [0.15, 0.2) is 0 Å². The number of piperidine rings is 1. The van der Waals surface area contributed by atoms with Crippen LogP contribution in [-0.4, -0.2) is 50.1 Å². The van der Waals surface area contributed by atoms with Crippen molar-refractivity contribution in [3.05, 3.63) is 53.9 Å². The van der Waals surface area contributed by atoms with Crippen LogP contribution >= 0.6 is 0 Å². The summed E-state index contributed by atoms with van der Waals surface area (Å²) in [6.45, 7) is 2.98. The predicted octanol–water partition coefficient (Wildman–Crippen LogP) is 2.70. The number of aromatic nitrogens is 1. The van der Waals surface area contributed by atoms with E-state index in [-0.39, 0.29) is 11.8 Å². The lowest BCUT2D eigenvalue weighted by molar-refractivity contribution is 0.0936. The number of carbonyl (C=O) groups excluding carboxylic acids is 2. The standard InChI is InChI=1S/C21H26N4O3/c1-28-12-9-23-20(26)16-13-17(15-22-14-16)21(27)24-18-5-7-19(8-6-18)25-10-3-2-4-11-25/h5-8,13-15H,2-4,9-12H2,1H3,(H,23,26)(H,24,27). The normalized spacial score (nSPS) is 13.8. The van der Waals surface area contributed by atoms with Crippen LogP contribution in [0, 0.1) is 0 Å². The van der Waals surface area contributed by atoms with Crippen LogP contribution in [-0.2, 0) is 4.74 Å². The van der Waals surface area contributed by atoms with Gasteiger partial charge >= 0.3 is 0 Å². The molecule has 0 spiro atoms. The van der Waals surface area contributed by atoms with Gasteiger partial charge in [0.25, 0.3) is 11.8 Å². The molecule has 2 amide bonds. The molecule has 28 heavy (non-hydrogen) atoms. The molecule has 2 N–H and O–H groups in total. The van der Waals surface area contributed by atoms with Crippen molar-refractivity contribution in [1.29, 1.82) is 0 Å². The minimum atomic E-state index is -0.301. The Hall–Kier alpha value is -2.93.